The van der Waals surface area contributed by atoms with E-state index in [-0.39, 0.29) is 18.4 Å². The minimum Gasteiger partial charge on any atom is -0.436 e. The van der Waals surface area contributed by atoms with Crippen LogP contribution in [0.25, 0.3) is 0 Å². The van der Waals surface area contributed by atoms with Gasteiger partial charge >= 0.3 is 6.09 Å². The van der Waals surface area contributed by atoms with E-state index >= 15 is 0 Å². The molecular weight excluding hydrogens is 278 g/mol. The summed E-state index contributed by atoms with van der Waals surface area (Å²) in [6, 6.07) is 0. The number of carbonyl (C=O) groups is 3. The molecule has 1 aliphatic carbocycles. The van der Waals surface area contributed by atoms with Gasteiger partial charge in [-0.1, -0.05) is 0 Å². The predicted octanol–water partition coefficient (Wildman–Crippen LogP) is -0.830. The number of carbonyl (C=O) groups excluding carboxylic acids is 3. The summed E-state index contributed by atoms with van der Waals surface area (Å²) in [6.07, 6.45) is 2.36. The van der Waals surface area contributed by atoms with E-state index in [9.17, 15) is 14.4 Å². The molecule has 1 N–H and O–H groups in total. The smallest absolute Gasteiger partial charge is 0.411 e. The van der Waals surface area contributed by atoms with Crippen LogP contribution in [0.1, 0.15) is 24.8 Å². The van der Waals surface area contributed by atoms with E-state index in [2.05, 4.69) is 20.5 Å². The summed E-state index contributed by atoms with van der Waals surface area (Å²) in [6.45, 7) is 0.179. The van der Waals surface area contributed by atoms with Crippen LogP contribution in [0.15, 0.2) is 12.4 Å². The number of imide groups is 1. The zero-order chi connectivity index (χ0) is 14.6. The topological polar surface area (TPSA) is 114 Å². The molecule has 2 bridgehead atoms. The number of amides is 3. The first kappa shape index (κ1) is 12.2. The molecule has 21 heavy (non-hydrogen) atoms. The van der Waals surface area contributed by atoms with E-state index in [1.165, 1.54) is 17.3 Å². The molecule has 5 rings (SSSR count). The zero-order valence-corrected chi connectivity index (χ0v) is 10.9. The predicted molar refractivity (Wildman–Crippen MR) is 64.4 cm³/mol. The normalized spacial score (nSPS) is 34.3. The second-order valence-electron chi connectivity index (χ2n) is 5.44. The Bertz CT molecular complexity index is 642. The Balaban J connectivity index is 1.59. The molecule has 4 heterocycles. The molecular formula is C12H11N5O4. The van der Waals surface area contributed by atoms with E-state index in [1.807, 2.05) is 0 Å². The van der Waals surface area contributed by atoms with E-state index in [0.29, 0.717) is 18.7 Å². The summed E-state index contributed by atoms with van der Waals surface area (Å²) in [7, 11) is 0. The first-order valence-corrected chi connectivity index (χ1v) is 6.57. The largest absolute Gasteiger partial charge is 0.436 e. The van der Waals surface area contributed by atoms with Gasteiger partial charge in [-0.25, -0.2) is 9.78 Å². The first-order chi connectivity index (χ1) is 10.1. The number of hydrogen-bond acceptors (Lipinski definition) is 7. The maximum atomic E-state index is 12.1. The number of nitrogens with zero attached hydrogens (tertiary/aromatic N) is 4. The summed E-state index contributed by atoms with van der Waals surface area (Å²) in [5.41, 5.74) is -0.966. The molecule has 9 nitrogen and oxygen atoms in total. The second-order valence-corrected chi connectivity index (χ2v) is 5.44. The molecule has 1 atom stereocenters. The first-order valence-electron chi connectivity index (χ1n) is 6.57. The van der Waals surface area contributed by atoms with Gasteiger partial charge in [-0.2, -0.15) is 5.10 Å². The highest BCUT2D eigenvalue weighted by Crippen LogP contribution is 2.48. The highest BCUT2D eigenvalue weighted by atomic mass is 16.6. The molecule has 108 valence electrons. The molecule has 4 aliphatic rings. The van der Waals surface area contributed by atoms with Crippen LogP contribution in [-0.4, -0.2) is 50.1 Å². The monoisotopic (exact) mass is 289 g/mol. The van der Waals surface area contributed by atoms with Crippen molar-refractivity contribution in [1.29, 1.82) is 0 Å². The fourth-order valence-corrected chi connectivity index (χ4v) is 3.15. The summed E-state index contributed by atoms with van der Waals surface area (Å²) >= 11 is 0. The minimum atomic E-state index is -0.966. The van der Waals surface area contributed by atoms with Crippen LogP contribution in [-0.2, 0) is 14.3 Å². The molecule has 1 aromatic rings. The number of aromatic nitrogens is 3. The van der Waals surface area contributed by atoms with Gasteiger partial charge in [0, 0.05) is 12.1 Å². The van der Waals surface area contributed by atoms with Crippen molar-refractivity contribution in [2.45, 2.75) is 24.5 Å². The Morgan fingerprint density at radius 3 is 2.76 bits per heavy atom. The van der Waals surface area contributed by atoms with Crippen molar-refractivity contribution >= 4 is 17.9 Å². The molecule has 1 saturated carbocycles. The number of hydrogen-bond donors (Lipinski definition) is 1. The number of nitrogens with one attached hydrogen (secondary N) is 1. The van der Waals surface area contributed by atoms with Crippen LogP contribution in [0.4, 0.5) is 4.79 Å². The van der Waals surface area contributed by atoms with Crippen LogP contribution < -0.4 is 5.32 Å². The molecule has 0 aromatic carbocycles. The van der Waals surface area contributed by atoms with Gasteiger partial charge in [0.15, 0.2) is 11.9 Å². The summed E-state index contributed by atoms with van der Waals surface area (Å²) in [5.74, 6) is -0.599. The van der Waals surface area contributed by atoms with Gasteiger partial charge < -0.3 is 4.74 Å². The van der Waals surface area contributed by atoms with Gasteiger partial charge in [-0.3, -0.25) is 19.8 Å². The lowest BCUT2D eigenvalue weighted by atomic mass is 9.63. The van der Waals surface area contributed by atoms with Crippen LogP contribution in [0.2, 0.25) is 0 Å². The second kappa shape index (κ2) is 3.96. The molecule has 9 heteroatoms. The Hall–Kier alpha value is -2.58. The Morgan fingerprint density at radius 2 is 2.10 bits per heavy atom. The number of rotatable bonds is 2. The van der Waals surface area contributed by atoms with Gasteiger partial charge in [-0.05, 0) is 12.8 Å². The summed E-state index contributed by atoms with van der Waals surface area (Å²) < 4.78 is 5.24. The van der Waals surface area contributed by atoms with Crippen LogP contribution in [0.5, 0.6) is 0 Å². The molecule has 0 spiro atoms. The molecule has 1 unspecified atom stereocenters. The van der Waals surface area contributed by atoms with Crippen molar-refractivity contribution in [3.63, 3.8) is 0 Å². The molecule has 3 amide bonds. The SMILES string of the molecule is O=C1NC(=O)C2(N3CC(c4nccnn4)OC3=O)CC1C2. The highest BCUT2D eigenvalue weighted by Gasteiger charge is 2.64. The van der Waals surface area contributed by atoms with Crippen LogP contribution in [0, 0.1) is 5.92 Å². The van der Waals surface area contributed by atoms with Crippen molar-refractivity contribution in [3.8, 4) is 0 Å². The van der Waals surface area contributed by atoms with Crippen molar-refractivity contribution in [1.82, 2.24) is 25.4 Å². The van der Waals surface area contributed by atoms with Gasteiger partial charge in [-0.15, -0.1) is 5.10 Å². The maximum absolute atomic E-state index is 12.1. The van der Waals surface area contributed by atoms with Crippen molar-refractivity contribution in [3.05, 3.63) is 18.2 Å². The zero-order valence-electron chi connectivity index (χ0n) is 10.9. The lowest BCUT2D eigenvalue weighted by molar-refractivity contribution is -0.159. The third kappa shape index (κ3) is 1.57. The minimum absolute atomic E-state index is 0.179. The van der Waals surface area contributed by atoms with Crippen LogP contribution >= 0.6 is 0 Å². The fourth-order valence-electron chi connectivity index (χ4n) is 3.15. The van der Waals surface area contributed by atoms with E-state index in [1.54, 1.807) is 0 Å². The van der Waals surface area contributed by atoms with E-state index < -0.39 is 23.6 Å². The lowest BCUT2D eigenvalue weighted by Gasteiger charge is -2.52. The van der Waals surface area contributed by atoms with E-state index in [0.717, 1.165) is 0 Å². The third-order valence-corrected chi connectivity index (χ3v) is 4.32. The maximum Gasteiger partial charge on any atom is 0.411 e. The quantitative estimate of drug-likeness (QED) is 0.706. The number of ether oxygens (including phenoxy) is 1. The average molecular weight is 289 g/mol. The Morgan fingerprint density at radius 1 is 1.29 bits per heavy atom. The standard InChI is InChI=1S/C12H11N5O4/c18-9-6-3-12(4-6,10(19)15-9)17-5-7(21-11(17)20)8-13-1-2-14-16-8/h1-2,6-7H,3-5H2,(H,15,18,19). The fraction of sp³-hybridized carbons (Fsp3) is 0.500. The molecule has 4 fully saturated rings. The van der Waals surface area contributed by atoms with E-state index in [4.69, 9.17) is 4.74 Å². The lowest BCUT2D eigenvalue weighted by Crippen LogP contribution is -2.73. The number of piperidine rings is 2. The molecule has 0 radical (unpaired) electrons. The van der Waals surface area contributed by atoms with Gasteiger partial charge in [0.2, 0.25) is 5.91 Å². The van der Waals surface area contributed by atoms with Crippen LogP contribution in [0.3, 0.4) is 0 Å². The molecule has 3 saturated heterocycles. The summed E-state index contributed by atoms with van der Waals surface area (Å²) in [5, 5.41) is 9.82. The van der Waals surface area contributed by atoms with Gasteiger partial charge in [0.1, 0.15) is 5.54 Å². The molecule has 1 aromatic heterocycles. The molecule has 3 aliphatic heterocycles. The third-order valence-electron chi connectivity index (χ3n) is 4.32. The average Bonchev–Trinajstić information content (AvgIpc) is 2.81. The number of fused-ring (bicyclic) bond motifs is 2. The van der Waals surface area contributed by atoms with Crippen molar-refractivity contribution < 1.29 is 19.1 Å². The summed E-state index contributed by atoms with van der Waals surface area (Å²) in [4.78, 5) is 41.1. The van der Waals surface area contributed by atoms with Crippen molar-refractivity contribution in [2.75, 3.05) is 6.54 Å². The Labute approximate surface area is 118 Å². The Kier molecular flexibility index (Phi) is 2.30. The van der Waals surface area contributed by atoms with Gasteiger partial charge in [0.05, 0.1) is 12.7 Å². The highest BCUT2D eigenvalue weighted by molar-refractivity contribution is 6.08. The number of cyclic esters (lactones) is 1. The van der Waals surface area contributed by atoms with Gasteiger partial charge in [0.25, 0.3) is 5.91 Å². The van der Waals surface area contributed by atoms with Crippen molar-refractivity contribution in [2.24, 2.45) is 5.92 Å².